The Morgan fingerprint density at radius 2 is 1.89 bits per heavy atom. The predicted octanol–water partition coefficient (Wildman–Crippen LogP) is 4.40. The fourth-order valence-corrected chi connectivity index (χ4v) is 5.29. The third kappa shape index (κ3) is 3.67. The third-order valence-corrected chi connectivity index (χ3v) is 6.79. The second-order valence-corrected chi connectivity index (χ2v) is 8.28. The topological polar surface area (TPSA) is 45.2 Å². The molecule has 2 unspecified atom stereocenters. The van der Waals surface area contributed by atoms with E-state index >= 15 is 0 Å². The average Bonchev–Trinajstić information content (AvgIpc) is 3.11. The van der Waals surface area contributed by atoms with Gasteiger partial charge in [-0.1, -0.05) is 0 Å². The van der Waals surface area contributed by atoms with Crippen LogP contribution in [-0.2, 0) is 6.18 Å². The molecular weight excluding hydrogens is 399 g/mol. The number of amides is 1. The van der Waals surface area contributed by atoms with Crippen LogP contribution in [0.3, 0.4) is 0 Å². The van der Waals surface area contributed by atoms with E-state index in [0.29, 0.717) is 27.9 Å². The van der Waals surface area contributed by atoms with Crippen molar-refractivity contribution in [1.82, 2.24) is 15.2 Å². The standard InChI is InChI=1S/C18H20F3N3OS.ClH/c1-9-13-5-6-14(18(19,20)21)23-16(13)26-15(9)17(25)24(2)12-7-10-3-4-11(8-12)22-10;/h5-6,10-12,22H,3-4,7-8H2,1-2H3;1H. The van der Waals surface area contributed by atoms with E-state index in [1.807, 2.05) is 0 Å². The van der Waals surface area contributed by atoms with Crippen LogP contribution in [0.5, 0.6) is 0 Å². The van der Waals surface area contributed by atoms with Gasteiger partial charge in [0.25, 0.3) is 5.91 Å². The van der Waals surface area contributed by atoms with Crippen LogP contribution >= 0.6 is 23.7 Å². The lowest BCUT2D eigenvalue weighted by atomic mass is 9.98. The van der Waals surface area contributed by atoms with Crippen LogP contribution < -0.4 is 5.32 Å². The Morgan fingerprint density at radius 3 is 2.48 bits per heavy atom. The van der Waals surface area contributed by atoms with E-state index in [4.69, 9.17) is 0 Å². The molecule has 2 fully saturated rings. The fraction of sp³-hybridized carbons (Fsp3) is 0.556. The summed E-state index contributed by atoms with van der Waals surface area (Å²) in [6, 6.07) is 3.50. The van der Waals surface area contributed by atoms with Gasteiger partial charge in [-0.25, -0.2) is 4.98 Å². The first-order valence-corrected chi connectivity index (χ1v) is 9.56. The molecular formula is C18H21ClF3N3OS. The van der Waals surface area contributed by atoms with Gasteiger partial charge >= 0.3 is 6.18 Å². The second-order valence-electron chi connectivity index (χ2n) is 7.28. The fourth-order valence-electron chi connectivity index (χ4n) is 4.13. The molecule has 4 nitrogen and oxygen atoms in total. The van der Waals surface area contributed by atoms with E-state index < -0.39 is 11.9 Å². The summed E-state index contributed by atoms with van der Waals surface area (Å²) >= 11 is 1.05. The van der Waals surface area contributed by atoms with Crippen LogP contribution in [0.4, 0.5) is 13.2 Å². The molecule has 2 saturated heterocycles. The summed E-state index contributed by atoms with van der Waals surface area (Å²) in [5.74, 6) is -0.120. The monoisotopic (exact) mass is 419 g/mol. The van der Waals surface area contributed by atoms with E-state index in [0.717, 1.165) is 43.1 Å². The number of alkyl halides is 3. The number of thiophene rings is 1. The number of piperidine rings is 1. The van der Waals surface area contributed by atoms with E-state index in [2.05, 4.69) is 10.3 Å². The average molecular weight is 420 g/mol. The van der Waals surface area contributed by atoms with Gasteiger partial charge in [0, 0.05) is 30.6 Å². The van der Waals surface area contributed by atoms with Gasteiger partial charge in [-0.2, -0.15) is 13.2 Å². The van der Waals surface area contributed by atoms with Crippen molar-refractivity contribution in [3.8, 4) is 0 Å². The van der Waals surface area contributed by atoms with Crippen molar-refractivity contribution in [2.75, 3.05) is 7.05 Å². The normalized spacial score (nSPS) is 24.7. The minimum Gasteiger partial charge on any atom is -0.338 e. The summed E-state index contributed by atoms with van der Waals surface area (Å²) in [5.41, 5.74) is -0.214. The molecule has 2 aliphatic rings. The molecule has 0 aromatic carbocycles. The van der Waals surface area contributed by atoms with Gasteiger partial charge in [0.1, 0.15) is 10.5 Å². The number of aryl methyl sites for hydroxylation is 1. The van der Waals surface area contributed by atoms with Crippen molar-refractivity contribution in [2.45, 2.75) is 56.9 Å². The number of halogens is 4. The molecule has 2 aromatic heterocycles. The summed E-state index contributed by atoms with van der Waals surface area (Å²) in [4.78, 5) is 19.3. The molecule has 2 aromatic rings. The number of aromatic nitrogens is 1. The number of carbonyl (C=O) groups is 1. The van der Waals surface area contributed by atoms with E-state index in [9.17, 15) is 18.0 Å². The van der Waals surface area contributed by atoms with Crippen LogP contribution in [0.2, 0.25) is 0 Å². The Balaban J connectivity index is 0.00000210. The molecule has 1 N–H and O–H groups in total. The van der Waals surface area contributed by atoms with E-state index in [1.54, 1.807) is 18.9 Å². The number of hydrogen-bond donors (Lipinski definition) is 1. The minimum atomic E-state index is -4.48. The van der Waals surface area contributed by atoms with Gasteiger partial charge in [0.15, 0.2) is 0 Å². The minimum absolute atomic E-state index is 0. The lowest BCUT2D eigenvalue weighted by Crippen LogP contribution is -2.48. The zero-order valence-electron chi connectivity index (χ0n) is 15.0. The first-order valence-electron chi connectivity index (χ1n) is 8.74. The lowest BCUT2D eigenvalue weighted by Gasteiger charge is -2.35. The molecule has 27 heavy (non-hydrogen) atoms. The van der Waals surface area contributed by atoms with Gasteiger partial charge in [-0.3, -0.25) is 4.79 Å². The smallest absolute Gasteiger partial charge is 0.338 e. The molecule has 0 aliphatic carbocycles. The maximum atomic E-state index is 13.0. The Labute approximate surface area is 165 Å². The number of fused-ring (bicyclic) bond motifs is 3. The Bertz CT molecular complexity index is 857. The Morgan fingerprint density at radius 1 is 1.26 bits per heavy atom. The van der Waals surface area contributed by atoms with Gasteiger partial charge in [-0.05, 0) is 50.3 Å². The maximum Gasteiger partial charge on any atom is 0.433 e. The molecule has 9 heteroatoms. The van der Waals surface area contributed by atoms with Gasteiger partial charge in [0.05, 0.1) is 4.88 Å². The quantitative estimate of drug-likeness (QED) is 0.784. The molecule has 1 amide bonds. The molecule has 0 saturated carbocycles. The highest BCUT2D eigenvalue weighted by atomic mass is 35.5. The second kappa shape index (κ2) is 7.22. The number of nitrogens with zero attached hydrogens (tertiary/aromatic N) is 2. The largest absolute Gasteiger partial charge is 0.433 e. The first-order chi connectivity index (χ1) is 12.2. The molecule has 0 spiro atoms. The summed E-state index contributed by atoms with van der Waals surface area (Å²) in [6.45, 7) is 1.78. The van der Waals surface area contributed by atoms with Crippen molar-refractivity contribution in [3.63, 3.8) is 0 Å². The first kappa shape index (κ1) is 20.4. The van der Waals surface area contributed by atoms with Crippen molar-refractivity contribution in [1.29, 1.82) is 0 Å². The highest BCUT2D eigenvalue weighted by molar-refractivity contribution is 7.20. The molecule has 2 aliphatic heterocycles. The zero-order chi connectivity index (χ0) is 18.6. The van der Waals surface area contributed by atoms with Crippen LogP contribution in [0.25, 0.3) is 10.2 Å². The Hall–Kier alpha value is -1.38. The van der Waals surface area contributed by atoms with Crippen LogP contribution in [0.15, 0.2) is 12.1 Å². The number of nitrogens with one attached hydrogen (secondary N) is 1. The maximum absolute atomic E-state index is 13.0. The summed E-state index contributed by atoms with van der Waals surface area (Å²) in [6.07, 6.45) is -0.329. The van der Waals surface area contributed by atoms with E-state index in [1.165, 1.54) is 6.07 Å². The summed E-state index contributed by atoms with van der Waals surface area (Å²) in [7, 11) is 1.80. The highest BCUT2D eigenvalue weighted by Crippen LogP contribution is 2.36. The van der Waals surface area contributed by atoms with Crippen molar-refractivity contribution >= 4 is 39.9 Å². The zero-order valence-corrected chi connectivity index (χ0v) is 16.6. The van der Waals surface area contributed by atoms with Gasteiger partial charge in [0.2, 0.25) is 0 Å². The predicted molar refractivity (Wildman–Crippen MR) is 102 cm³/mol. The molecule has 148 valence electrons. The van der Waals surface area contributed by atoms with Crippen molar-refractivity contribution in [3.05, 3.63) is 28.3 Å². The summed E-state index contributed by atoms with van der Waals surface area (Å²) < 4.78 is 38.7. The molecule has 2 bridgehead atoms. The van der Waals surface area contributed by atoms with Crippen LogP contribution in [0.1, 0.15) is 46.6 Å². The van der Waals surface area contributed by atoms with Gasteiger partial charge in [-0.15, -0.1) is 23.7 Å². The molecule has 4 heterocycles. The van der Waals surface area contributed by atoms with Crippen LogP contribution in [0, 0.1) is 6.92 Å². The third-order valence-electron chi connectivity index (χ3n) is 5.60. The SMILES string of the molecule is Cc1c(C(=O)N(C)C2CC3CCC(C2)N3)sc2nc(C(F)(F)F)ccc12.Cl. The number of rotatable bonds is 2. The highest BCUT2D eigenvalue weighted by Gasteiger charge is 2.37. The number of pyridine rings is 1. The lowest BCUT2D eigenvalue weighted by molar-refractivity contribution is -0.140. The number of hydrogen-bond acceptors (Lipinski definition) is 4. The van der Waals surface area contributed by atoms with Crippen molar-refractivity contribution < 1.29 is 18.0 Å². The van der Waals surface area contributed by atoms with Crippen molar-refractivity contribution in [2.24, 2.45) is 0 Å². The Kier molecular flexibility index (Phi) is 5.44. The van der Waals surface area contributed by atoms with Crippen LogP contribution in [-0.4, -0.2) is 41.0 Å². The molecule has 2 atom stereocenters. The number of carbonyl (C=O) groups excluding carboxylic acids is 1. The molecule has 0 radical (unpaired) electrons. The molecule has 4 rings (SSSR count). The summed E-state index contributed by atoms with van der Waals surface area (Å²) in [5, 5.41) is 4.17. The van der Waals surface area contributed by atoms with E-state index in [-0.39, 0.29) is 29.2 Å². The van der Waals surface area contributed by atoms with Gasteiger partial charge < -0.3 is 10.2 Å².